The Kier molecular flexibility index (Phi) is 3.66. The first-order valence-corrected chi connectivity index (χ1v) is 6.24. The van der Waals surface area contributed by atoms with Gasteiger partial charge in [0.05, 0.1) is 7.11 Å². The summed E-state index contributed by atoms with van der Waals surface area (Å²) < 4.78 is 18.3. The molecule has 0 aromatic heterocycles. The molecule has 1 aliphatic rings. The van der Waals surface area contributed by atoms with Gasteiger partial charge in [0.25, 0.3) is 0 Å². The van der Waals surface area contributed by atoms with Crippen molar-refractivity contribution in [2.75, 3.05) is 7.11 Å². The van der Waals surface area contributed by atoms with Crippen molar-refractivity contribution in [2.24, 2.45) is 0 Å². The molecule has 0 spiro atoms. The number of carbonyl (C=O) groups is 1. The summed E-state index contributed by atoms with van der Waals surface area (Å²) in [6.45, 7) is 1.90. The molecule has 0 amide bonds. The summed E-state index contributed by atoms with van der Waals surface area (Å²) in [5.74, 6) is -0.700. The molecule has 1 N–H and O–H groups in total. The molecule has 1 aromatic rings. The van der Waals surface area contributed by atoms with Gasteiger partial charge < -0.3 is 4.74 Å². The Labute approximate surface area is 106 Å². The van der Waals surface area contributed by atoms with Gasteiger partial charge in [-0.2, -0.15) is 0 Å². The molecule has 18 heavy (non-hydrogen) atoms. The van der Waals surface area contributed by atoms with Gasteiger partial charge in [-0.05, 0) is 37.0 Å². The maximum Gasteiger partial charge on any atom is 0.330 e. The predicted molar refractivity (Wildman–Crippen MR) is 66.5 cm³/mol. The molecular weight excluding hydrogens is 233 g/mol. The lowest BCUT2D eigenvalue weighted by atomic mass is 9.87. The summed E-state index contributed by atoms with van der Waals surface area (Å²) >= 11 is 0. The van der Waals surface area contributed by atoms with Gasteiger partial charge in [-0.25, -0.2) is 9.18 Å². The van der Waals surface area contributed by atoms with Crippen LogP contribution in [0.4, 0.5) is 4.39 Å². The third kappa shape index (κ3) is 2.38. The standard InChI is InChI=1S/C14H18FNO2/c1-3-14(13(17)18-2,16-12-7-8-12)10-5-4-6-11(15)9-10/h4-6,9,12,16H,3,7-8H2,1-2H3. The van der Waals surface area contributed by atoms with Crippen molar-refractivity contribution < 1.29 is 13.9 Å². The maximum atomic E-state index is 13.4. The number of nitrogens with one attached hydrogen (secondary N) is 1. The van der Waals surface area contributed by atoms with Gasteiger partial charge >= 0.3 is 5.97 Å². The lowest BCUT2D eigenvalue weighted by molar-refractivity contribution is -0.149. The minimum atomic E-state index is -0.933. The Balaban J connectivity index is 2.41. The van der Waals surface area contributed by atoms with Gasteiger partial charge in [0, 0.05) is 6.04 Å². The van der Waals surface area contributed by atoms with Crippen LogP contribution in [0.25, 0.3) is 0 Å². The largest absolute Gasteiger partial charge is 0.467 e. The molecule has 1 saturated carbocycles. The third-order valence-electron chi connectivity index (χ3n) is 3.41. The smallest absolute Gasteiger partial charge is 0.330 e. The fourth-order valence-corrected chi connectivity index (χ4v) is 2.21. The van der Waals surface area contributed by atoms with Crippen LogP contribution in [-0.4, -0.2) is 19.1 Å². The number of benzene rings is 1. The molecule has 98 valence electrons. The molecule has 4 heteroatoms. The molecule has 0 aliphatic heterocycles. The lowest BCUT2D eigenvalue weighted by Gasteiger charge is -2.31. The highest BCUT2D eigenvalue weighted by atomic mass is 19.1. The Morgan fingerprint density at radius 3 is 2.78 bits per heavy atom. The van der Waals surface area contributed by atoms with E-state index in [1.165, 1.54) is 19.2 Å². The number of rotatable bonds is 5. The van der Waals surface area contributed by atoms with Crippen molar-refractivity contribution >= 4 is 5.97 Å². The zero-order valence-corrected chi connectivity index (χ0v) is 10.7. The topological polar surface area (TPSA) is 38.3 Å². The zero-order valence-electron chi connectivity index (χ0n) is 10.7. The summed E-state index contributed by atoms with van der Waals surface area (Å²) in [6.07, 6.45) is 2.63. The van der Waals surface area contributed by atoms with Crippen molar-refractivity contribution in [3.8, 4) is 0 Å². The highest BCUT2D eigenvalue weighted by molar-refractivity contribution is 5.82. The molecule has 1 fully saturated rings. The number of esters is 1. The average Bonchev–Trinajstić information content (AvgIpc) is 3.19. The van der Waals surface area contributed by atoms with Crippen LogP contribution in [0.2, 0.25) is 0 Å². The SMILES string of the molecule is CCC(NC1CC1)(C(=O)OC)c1cccc(F)c1. The second kappa shape index (κ2) is 5.06. The number of hydrogen-bond acceptors (Lipinski definition) is 3. The first-order valence-electron chi connectivity index (χ1n) is 6.24. The molecule has 1 aliphatic carbocycles. The summed E-state index contributed by atoms with van der Waals surface area (Å²) in [5, 5.41) is 3.31. The van der Waals surface area contributed by atoms with Crippen LogP contribution >= 0.6 is 0 Å². The molecule has 1 atom stereocenters. The fourth-order valence-electron chi connectivity index (χ4n) is 2.21. The van der Waals surface area contributed by atoms with Crippen LogP contribution in [0.5, 0.6) is 0 Å². The maximum absolute atomic E-state index is 13.4. The van der Waals surface area contributed by atoms with Crippen LogP contribution in [0.3, 0.4) is 0 Å². The average molecular weight is 251 g/mol. The second-order valence-electron chi connectivity index (χ2n) is 4.68. The first kappa shape index (κ1) is 13.0. The van der Waals surface area contributed by atoms with Gasteiger partial charge in [-0.3, -0.25) is 5.32 Å². The van der Waals surface area contributed by atoms with E-state index in [4.69, 9.17) is 4.74 Å². The molecule has 1 unspecified atom stereocenters. The van der Waals surface area contributed by atoms with E-state index in [9.17, 15) is 9.18 Å². The molecule has 0 radical (unpaired) electrons. The lowest BCUT2D eigenvalue weighted by Crippen LogP contribution is -2.50. The quantitative estimate of drug-likeness (QED) is 0.816. The fraction of sp³-hybridized carbons (Fsp3) is 0.500. The van der Waals surface area contributed by atoms with Crippen LogP contribution < -0.4 is 5.32 Å². The summed E-state index contributed by atoms with van der Waals surface area (Å²) in [6, 6.07) is 6.48. The van der Waals surface area contributed by atoms with E-state index in [-0.39, 0.29) is 11.8 Å². The monoisotopic (exact) mass is 251 g/mol. The molecular formula is C14H18FNO2. The van der Waals surface area contributed by atoms with Crippen LogP contribution in [0.1, 0.15) is 31.7 Å². The highest BCUT2D eigenvalue weighted by Crippen LogP contribution is 2.32. The molecule has 2 rings (SSSR count). The van der Waals surface area contributed by atoms with Gasteiger partial charge in [0.1, 0.15) is 11.4 Å². The molecule has 3 nitrogen and oxygen atoms in total. The number of halogens is 1. The van der Waals surface area contributed by atoms with Crippen molar-refractivity contribution in [1.82, 2.24) is 5.32 Å². The van der Waals surface area contributed by atoms with Crippen molar-refractivity contribution in [1.29, 1.82) is 0 Å². The van der Waals surface area contributed by atoms with Crippen LogP contribution in [0, 0.1) is 5.82 Å². The van der Waals surface area contributed by atoms with Crippen molar-refractivity contribution in [3.63, 3.8) is 0 Å². The summed E-state index contributed by atoms with van der Waals surface area (Å²) in [7, 11) is 1.36. The number of ether oxygens (including phenoxy) is 1. The van der Waals surface area contributed by atoms with Crippen LogP contribution in [0.15, 0.2) is 24.3 Å². The molecule has 1 aromatic carbocycles. The third-order valence-corrected chi connectivity index (χ3v) is 3.41. The number of carbonyl (C=O) groups excluding carboxylic acids is 1. The number of hydrogen-bond donors (Lipinski definition) is 1. The highest BCUT2D eigenvalue weighted by Gasteiger charge is 2.43. The summed E-state index contributed by atoms with van der Waals surface area (Å²) in [4.78, 5) is 12.1. The minimum Gasteiger partial charge on any atom is -0.467 e. The van der Waals surface area contributed by atoms with E-state index in [1.807, 2.05) is 6.92 Å². The first-order chi connectivity index (χ1) is 8.62. The Hall–Kier alpha value is -1.42. The normalized spacial score (nSPS) is 18.2. The van der Waals surface area contributed by atoms with E-state index in [0.29, 0.717) is 18.0 Å². The van der Waals surface area contributed by atoms with E-state index >= 15 is 0 Å². The van der Waals surface area contributed by atoms with Crippen molar-refractivity contribution in [2.45, 2.75) is 37.8 Å². The summed E-state index contributed by atoms with van der Waals surface area (Å²) in [5.41, 5.74) is -0.304. The zero-order chi connectivity index (χ0) is 13.2. The Morgan fingerprint density at radius 1 is 1.56 bits per heavy atom. The van der Waals surface area contributed by atoms with Gasteiger partial charge in [0.15, 0.2) is 0 Å². The Bertz CT molecular complexity index is 445. The number of methoxy groups -OCH3 is 1. The van der Waals surface area contributed by atoms with E-state index in [0.717, 1.165) is 12.8 Å². The van der Waals surface area contributed by atoms with E-state index in [1.54, 1.807) is 12.1 Å². The minimum absolute atomic E-state index is 0.326. The van der Waals surface area contributed by atoms with E-state index in [2.05, 4.69) is 5.32 Å². The predicted octanol–water partition coefficient (Wildman–Crippen LogP) is 2.36. The van der Waals surface area contributed by atoms with E-state index < -0.39 is 5.54 Å². The van der Waals surface area contributed by atoms with Gasteiger partial charge in [0.2, 0.25) is 0 Å². The van der Waals surface area contributed by atoms with Gasteiger partial charge in [-0.1, -0.05) is 19.1 Å². The molecule has 0 saturated heterocycles. The molecule has 0 bridgehead atoms. The second-order valence-corrected chi connectivity index (χ2v) is 4.68. The van der Waals surface area contributed by atoms with Crippen LogP contribution in [-0.2, 0) is 15.1 Å². The Morgan fingerprint density at radius 2 is 2.28 bits per heavy atom. The molecule has 0 heterocycles. The van der Waals surface area contributed by atoms with Gasteiger partial charge in [-0.15, -0.1) is 0 Å². The van der Waals surface area contributed by atoms with Crippen molar-refractivity contribution in [3.05, 3.63) is 35.6 Å².